The normalized spacial score (nSPS) is 26.0. The van der Waals surface area contributed by atoms with Crippen molar-refractivity contribution in [1.29, 1.82) is 0 Å². The summed E-state index contributed by atoms with van der Waals surface area (Å²) < 4.78 is 12.9. The topological polar surface area (TPSA) is 3.01 Å². The number of rotatable bonds is 3. The van der Waals surface area contributed by atoms with Gasteiger partial charge in [-0.1, -0.05) is 42.5 Å². The Morgan fingerprint density at radius 3 is 2.39 bits per heavy atom. The van der Waals surface area contributed by atoms with Gasteiger partial charge in [0, 0.05) is 13.1 Å². The highest BCUT2D eigenvalue weighted by Crippen LogP contribution is 2.43. The molecule has 1 aliphatic heterocycles. The number of benzene rings is 2. The predicted molar refractivity (Wildman–Crippen MR) is 70.6 cm³/mol. The van der Waals surface area contributed by atoms with Crippen molar-refractivity contribution in [3.8, 4) is 0 Å². The minimum absolute atomic E-state index is 0.0730. The zero-order valence-corrected chi connectivity index (χ0v) is 10.4. The fraction of sp³-hybridized carbons (Fsp3) is 0.250. The monoisotopic (exact) mass is 241 g/mol. The molecular formula is C16H16FN. The van der Waals surface area contributed by atoms with Crippen LogP contribution in [-0.4, -0.2) is 11.4 Å². The van der Waals surface area contributed by atoms with E-state index >= 15 is 0 Å². The lowest BCUT2D eigenvalue weighted by Gasteiger charge is -2.13. The first kappa shape index (κ1) is 11.4. The fourth-order valence-corrected chi connectivity index (χ4v) is 2.45. The van der Waals surface area contributed by atoms with E-state index in [4.69, 9.17) is 0 Å². The van der Waals surface area contributed by atoms with Gasteiger partial charge in [-0.25, -0.2) is 4.39 Å². The molecule has 0 radical (unpaired) electrons. The highest BCUT2D eigenvalue weighted by Gasteiger charge is 2.48. The van der Waals surface area contributed by atoms with Gasteiger partial charge in [-0.15, -0.1) is 0 Å². The van der Waals surface area contributed by atoms with Crippen LogP contribution in [0.1, 0.15) is 18.1 Å². The van der Waals surface area contributed by atoms with E-state index in [-0.39, 0.29) is 11.4 Å². The number of halogens is 1. The standard InChI is InChI=1S/C16H16FN/c1-16(14-7-9-15(17)10-8-14)12-18(16)11-13-5-3-2-4-6-13/h2-10H,11-12H2,1H3. The molecular weight excluding hydrogens is 225 g/mol. The fourth-order valence-electron chi connectivity index (χ4n) is 2.45. The molecule has 1 aliphatic rings. The second-order valence-corrected chi connectivity index (χ2v) is 5.12. The first-order valence-corrected chi connectivity index (χ1v) is 6.23. The molecule has 2 aromatic carbocycles. The van der Waals surface area contributed by atoms with E-state index in [9.17, 15) is 4.39 Å². The average Bonchev–Trinajstić information content (AvgIpc) is 3.03. The third kappa shape index (κ3) is 2.04. The minimum atomic E-state index is -0.169. The second-order valence-electron chi connectivity index (χ2n) is 5.12. The second kappa shape index (κ2) is 4.21. The summed E-state index contributed by atoms with van der Waals surface area (Å²) >= 11 is 0. The van der Waals surface area contributed by atoms with Gasteiger partial charge in [0.05, 0.1) is 5.54 Å². The largest absolute Gasteiger partial charge is 0.286 e. The lowest BCUT2D eigenvalue weighted by molar-refractivity contribution is 0.428. The number of hydrogen-bond donors (Lipinski definition) is 0. The summed E-state index contributed by atoms with van der Waals surface area (Å²) in [5.74, 6) is -0.169. The summed E-state index contributed by atoms with van der Waals surface area (Å²) in [7, 11) is 0. The van der Waals surface area contributed by atoms with Crippen LogP contribution in [0.25, 0.3) is 0 Å². The molecule has 1 nitrogen and oxygen atoms in total. The van der Waals surface area contributed by atoms with Gasteiger partial charge >= 0.3 is 0 Å². The molecule has 18 heavy (non-hydrogen) atoms. The summed E-state index contributed by atoms with van der Waals surface area (Å²) in [4.78, 5) is 2.40. The Morgan fingerprint density at radius 2 is 1.72 bits per heavy atom. The molecule has 2 heteroatoms. The van der Waals surface area contributed by atoms with E-state index in [1.165, 1.54) is 11.1 Å². The van der Waals surface area contributed by atoms with Gasteiger partial charge in [0.2, 0.25) is 0 Å². The molecule has 1 saturated heterocycles. The van der Waals surface area contributed by atoms with E-state index in [1.54, 1.807) is 12.1 Å². The van der Waals surface area contributed by atoms with Gasteiger partial charge in [-0.2, -0.15) is 0 Å². The summed E-state index contributed by atoms with van der Waals surface area (Å²) in [6, 6.07) is 17.3. The molecule has 3 rings (SSSR count). The van der Waals surface area contributed by atoms with Gasteiger partial charge in [0.1, 0.15) is 5.82 Å². The Balaban J connectivity index is 1.74. The maximum atomic E-state index is 12.9. The molecule has 2 aromatic rings. The SMILES string of the molecule is CC1(c2ccc(F)cc2)CN1Cc1ccccc1. The van der Waals surface area contributed by atoms with Crippen molar-refractivity contribution in [2.45, 2.75) is 19.0 Å². The van der Waals surface area contributed by atoms with Crippen LogP contribution in [0.2, 0.25) is 0 Å². The van der Waals surface area contributed by atoms with Crippen molar-refractivity contribution in [3.05, 3.63) is 71.5 Å². The zero-order valence-electron chi connectivity index (χ0n) is 10.4. The highest BCUT2D eigenvalue weighted by molar-refractivity contribution is 5.31. The summed E-state index contributed by atoms with van der Waals surface area (Å²) in [5, 5.41) is 0. The van der Waals surface area contributed by atoms with Crippen molar-refractivity contribution in [3.63, 3.8) is 0 Å². The van der Waals surface area contributed by atoms with Gasteiger partial charge in [-0.3, -0.25) is 4.90 Å². The summed E-state index contributed by atoms with van der Waals surface area (Å²) in [6.45, 7) is 4.20. The lowest BCUT2D eigenvalue weighted by atomic mass is 10.0. The molecule has 0 aromatic heterocycles. The Morgan fingerprint density at radius 1 is 1.06 bits per heavy atom. The molecule has 1 fully saturated rings. The Labute approximate surface area is 107 Å². The molecule has 0 bridgehead atoms. The Hall–Kier alpha value is -1.67. The van der Waals surface area contributed by atoms with Crippen LogP contribution in [0.15, 0.2) is 54.6 Å². The zero-order chi connectivity index (χ0) is 12.6. The molecule has 2 unspecified atom stereocenters. The van der Waals surface area contributed by atoms with Crippen LogP contribution in [0.5, 0.6) is 0 Å². The van der Waals surface area contributed by atoms with Crippen LogP contribution >= 0.6 is 0 Å². The van der Waals surface area contributed by atoms with E-state index in [0.29, 0.717) is 0 Å². The molecule has 0 amide bonds. The summed E-state index contributed by atoms with van der Waals surface area (Å²) in [5.41, 5.74) is 2.59. The van der Waals surface area contributed by atoms with Gasteiger partial charge < -0.3 is 0 Å². The van der Waals surface area contributed by atoms with Crippen LogP contribution in [0.4, 0.5) is 4.39 Å². The summed E-state index contributed by atoms with van der Waals surface area (Å²) in [6.07, 6.45) is 0. The van der Waals surface area contributed by atoms with Crippen molar-refractivity contribution >= 4 is 0 Å². The predicted octanol–water partition coefficient (Wildman–Crippen LogP) is 3.56. The first-order valence-electron chi connectivity index (χ1n) is 6.23. The van der Waals surface area contributed by atoms with Crippen molar-refractivity contribution in [1.82, 2.24) is 4.90 Å². The van der Waals surface area contributed by atoms with Crippen molar-refractivity contribution in [2.75, 3.05) is 6.54 Å². The molecule has 2 atom stereocenters. The maximum Gasteiger partial charge on any atom is 0.123 e. The molecule has 1 heterocycles. The van der Waals surface area contributed by atoms with Crippen molar-refractivity contribution in [2.24, 2.45) is 0 Å². The average molecular weight is 241 g/mol. The third-order valence-corrected chi connectivity index (χ3v) is 3.78. The van der Waals surface area contributed by atoms with E-state index in [1.807, 2.05) is 18.2 Å². The molecule has 92 valence electrons. The number of hydrogen-bond acceptors (Lipinski definition) is 1. The smallest absolute Gasteiger partial charge is 0.123 e. The highest BCUT2D eigenvalue weighted by atomic mass is 19.1. The molecule has 0 spiro atoms. The van der Waals surface area contributed by atoms with Crippen LogP contribution in [0, 0.1) is 5.82 Å². The van der Waals surface area contributed by atoms with Gasteiger partial charge in [-0.05, 0) is 30.2 Å². The van der Waals surface area contributed by atoms with Crippen LogP contribution < -0.4 is 0 Å². The first-order chi connectivity index (χ1) is 8.68. The van der Waals surface area contributed by atoms with Gasteiger partial charge in [0.25, 0.3) is 0 Å². The lowest BCUT2D eigenvalue weighted by Crippen LogP contribution is -2.12. The maximum absolute atomic E-state index is 12.9. The van der Waals surface area contributed by atoms with E-state index in [2.05, 4.69) is 36.1 Å². The van der Waals surface area contributed by atoms with E-state index in [0.717, 1.165) is 13.1 Å². The quantitative estimate of drug-likeness (QED) is 0.742. The molecule has 0 aliphatic carbocycles. The van der Waals surface area contributed by atoms with Crippen LogP contribution in [0.3, 0.4) is 0 Å². The molecule has 0 saturated carbocycles. The molecule has 0 N–H and O–H groups in total. The van der Waals surface area contributed by atoms with Crippen LogP contribution in [-0.2, 0) is 12.1 Å². The Bertz CT molecular complexity index is 535. The third-order valence-electron chi connectivity index (χ3n) is 3.78. The number of nitrogens with zero attached hydrogens (tertiary/aromatic N) is 1. The van der Waals surface area contributed by atoms with E-state index < -0.39 is 0 Å². The Kier molecular flexibility index (Phi) is 2.67. The van der Waals surface area contributed by atoms with Gasteiger partial charge in [0.15, 0.2) is 0 Å². The minimum Gasteiger partial charge on any atom is -0.286 e. The van der Waals surface area contributed by atoms with Crippen molar-refractivity contribution < 1.29 is 4.39 Å².